The van der Waals surface area contributed by atoms with Crippen LogP contribution in [0.2, 0.25) is 0 Å². The van der Waals surface area contributed by atoms with Crippen molar-refractivity contribution < 1.29 is 38.4 Å². The van der Waals surface area contributed by atoms with Gasteiger partial charge >= 0.3 is 17.9 Å². The SMILES string of the molecule is CC(=O)O[C@H]1[C@@H](OC(C)=O)[C@@H](C)O[C@H](O)[C@H]1OC(C)=O. The second-order valence-electron chi connectivity index (χ2n) is 4.45. The highest BCUT2D eigenvalue weighted by atomic mass is 16.7. The molecular formula is C12H18O8. The minimum absolute atomic E-state index is 0.611. The first kappa shape index (κ1) is 16.4. The summed E-state index contributed by atoms with van der Waals surface area (Å²) in [5.41, 5.74) is 0. The van der Waals surface area contributed by atoms with E-state index in [0.29, 0.717) is 0 Å². The van der Waals surface area contributed by atoms with Gasteiger partial charge in [0.15, 0.2) is 24.6 Å². The second kappa shape index (κ2) is 6.67. The van der Waals surface area contributed by atoms with Crippen molar-refractivity contribution in [1.29, 1.82) is 0 Å². The van der Waals surface area contributed by atoms with E-state index in [1.165, 1.54) is 13.8 Å². The molecule has 1 heterocycles. The van der Waals surface area contributed by atoms with E-state index in [0.717, 1.165) is 13.8 Å². The summed E-state index contributed by atoms with van der Waals surface area (Å²) in [6.07, 6.45) is -5.60. The van der Waals surface area contributed by atoms with Crippen molar-refractivity contribution in [2.75, 3.05) is 0 Å². The molecule has 8 nitrogen and oxygen atoms in total. The largest absolute Gasteiger partial charge is 0.456 e. The monoisotopic (exact) mass is 290 g/mol. The van der Waals surface area contributed by atoms with Gasteiger partial charge < -0.3 is 24.1 Å². The molecular weight excluding hydrogens is 272 g/mol. The average molecular weight is 290 g/mol. The molecule has 0 aromatic heterocycles. The number of rotatable bonds is 3. The summed E-state index contributed by atoms with van der Waals surface area (Å²) in [4.78, 5) is 33.3. The minimum atomic E-state index is -1.48. The summed E-state index contributed by atoms with van der Waals surface area (Å²) in [6.45, 7) is 5.01. The molecule has 0 aromatic rings. The number of esters is 3. The van der Waals surface area contributed by atoms with Gasteiger partial charge in [0.25, 0.3) is 0 Å². The van der Waals surface area contributed by atoms with Crippen molar-refractivity contribution in [3.63, 3.8) is 0 Å². The third kappa shape index (κ3) is 4.17. The summed E-state index contributed by atoms with van der Waals surface area (Å²) in [5, 5.41) is 9.79. The Balaban J connectivity index is 3.01. The predicted octanol–water partition coefficient (Wildman–Crippen LogP) is -0.481. The molecule has 114 valence electrons. The third-order valence-electron chi connectivity index (χ3n) is 2.65. The second-order valence-corrected chi connectivity index (χ2v) is 4.45. The lowest BCUT2D eigenvalue weighted by atomic mass is 9.99. The molecule has 8 heteroatoms. The van der Waals surface area contributed by atoms with Gasteiger partial charge in [0, 0.05) is 20.8 Å². The van der Waals surface area contributed by atoms with Crippen molar-refractivity contribution in [3.05, 3.63) is 0 Å². The van der Waals surface area contributed by atoms with Crippen LogP contribution in [0.4, 0.5) is 0 Å². The number of carbonyl (C=O) groups excluding carboxylic acids is 3. The highest BCUT2D eigenvalue weighted by Gasteiger charge is 2.49. The van der Waals surface area contributed by atoms with Crippen LogP contribution in [-0.4, -0.2) is 53.7 Å². The lowest BCUT2D eigenvalue weighted by molar-refractivity contribution is -0.288. The standard InChI is InChI=1S/C12H18O8/c1-5-9(18-6(2)13)10(19-7(3)14)11(12(16)17-5)20-8(4)15/h5,9-12,16H,1-4H3/t5-,9+,10+,11+,12+/m1/s1. The number of aliphatic hydroxyl groups excluding tert-OH is 1. The molecule has 1 fully saturated rings. The fraction of sp³-hybridized carbons (Fsp3) is 0.750. The van der Waals surface area contributed by atoms with Crippen molar-refractivity contribution in [2.24, 2.45) is 0 Å². The molecule has 0 unspecified atom stereocenters. The van der Waals surface area contributed by atoms with Crippen LogP contribution in [0.5, 0.6) is 0 Å². The third-order valence-corrected chi connectivity index (χ3v) is 2.65. The van der Waals surface area contributed by atoms with Crippen LogP contribution in [0.3, 0.4) is 0 Å². The first-order chi connectivity index (χ1) is 9.22. The van der Waals surface area contributed by atoms with E-state index in [9.17, 15) is 19.5 Å². The van der Waals surface area contributed by atoms with E-state index in [-0.39, 0.29) is 0 Å². The molecule has 0 bridgehead atoms. The first-order valence-corrected chi connectivity index (χ1v) is 6.07. The topological polar surface area (TPSA) is 108 Å². The molecule has 1 aliphatic heterocycles. The van der Waals surface area contributed by atoms with E-state index < -0.39 is 48.6 Å². The van der Waals surface area contributed by atoms with Crippen LogP contribution in [0.1, 0.15) is 27.7 Å². The Morgan fingerprint density at radius 2 is 1.25 bits per heavy atom. The van der Waals surface area contributed by atoms with E-state index in [2.05, 4.69) is 0 Å². The molecule has 0 radical (unpaired) electrons. The fourth-order valence-corrected chi connectivity index (χ4v) is 1.99. The van der Waals surface area contributed by atoms with Crippen LogP contribution in [0.25, 0.3) is 0 Å². The lowest BCUT2D eigenvalue weighted by Gasteiger charge is -2.41. The van der Waals surface area contributed by atoms with E-state index >= 15 is 0 Å². The zero-order valence-electron chi connectivity index (χ0n) is 11.7. The van der Waals surface area contributed by atoms with Gasteiger partial charge in [0.1, 0.15) is 0 Å². The molecule has 1 N–H and O–H groups in total. The van der Waals surface area contributed by atoms with Gasteiger partial charge in [-0.2, -0.15) is 0 Å². The molecule has 0 amide bonds. The molecule has 20 heavy (non-hydrogen) atoms. The number of aliphatic hydroxyl groups is 1. The Morgan fingerprint density at radius 1 is 0.850 bits per heavy atom. The first-order valence-electron chi connectivity index (χ1n) is 6.07. The summed E-state index contributed by atoms with van der Waals surface area (Å²) < 4.78 is 20.1. The zero-order chi connectivity index (χ0) is 15.4. The summed E-state index contributed by atoms with van der Waals surface area (Å²) in [5.74, 6) is -1.96. The predicted molar refractivity (Wildman–Crippen MR) is 63.2 cm³/mol. The Bertz CT molecular complexity index is 365. The molecule has 1 saturated heterocycles. The van der Waals surface area contributed by atoms with E-state index in [1.54, 1.807) is 0 Å². The zero-order valence-corrected chi connectivity index (χ0v) is 11.7. The van der Waals surface area contributed by atoms with E-state index in [4.69, 9.17) is 18.9 Å². The Kier molecular flexibility index (Phi) is 5.46. The lowest BCUT2D eigenvalue weighted by Crippen LogP contribution is -2.60. The van der Waals surface area contributed by atoms with Crippen LogP contribution in [0, 0.1) is 0 Å². The molecule has 0 saturated carbocycles. The molecule has 0 aliphatic carbocycles. The molecule has 1 aliphatic rings. The van der Waals surface area contributed by atoms with Crippen molar-refractivity contribution in [2.45, 2.75) is 58.4 Å². The van der Waals surface area contributed by atoms with Crippen molar-refractivity contribution >= 4 is 17.9 Å². The maximum Gasteiger partial charge on any atom is 0.303 e. The normalized spacial score (nSPS) is 33.1. The Hall–Kier alpha value is -1.67. The maximum absolute atomic E-state index is 11.2. The Morgan fingerprint density at radius 3 is 1.70 bits per heavy atom. The van der Waals surface area contributed by atoms with Crippen molar-refractivity contribution in [3.8, 4) is 0 Å². The molecule has 5 atom stereocenters. The maximum atomic E-state index is 11.2. The quantitative estimate of drug-likeness (QED) is 0.548. The average Bonchev–Trinajstić information content (AvgIpc) is 2.27. The molecule has 1 rings (SSSR count). The van der Waals surface area contributed by atoms with Gasteiger partial charge in [-0.15, -0.1) is 0 Å². The van der Waals surface area contributed by atoms with Crippen LogP contribution >= 0.6 is 0 Å². The van der Waals surface area contributed by atoms with Crippen LogP contribution in [0.15, 0.2) is 0 Å². The highest BCUT2D eigenvalue weighted by Crippen LogP contribution is 2.27. The van der Waals surface area contributed by atoms with Gasteiger partial charge in [-0.1, -0.05) is 0 Å². The number of hydrogen-bond donors (Lipinski definition) is 1. The van der Waals surface area contributed by atoms with E-state index in [1.807, 2.05) is 0 Å². The fourth-order valence-electron chi connectivity index (χ4n) is 1.99. The van der Waals surface area contributed by atoms with Crippen LogP contribution in [-0.2, 0) is 33.3 Å². The van der Waals surface area contributed by atoms with Gasteiger partial charge in [-0.3, -0.25) is 14.4 Å². The summed E-state index contributed by atoms with van der Waals surface area (Å²) in [7, 11) is 0. The Labute approximate surface area is 115 Å². The number of ether oxygens (including phenoxy) is 4. The van der Waals surface area contributed by atoms with Crippen LogP contribution < -0.4 is 0 Å². The number of carbonyl (C=O) groups is 3. The summed E-state index contributed by atoms with van der Waals surface area (Å²) >= 11 is 0. The van der Waals surface area contributed by atoms with Gasteiger partial charge in [-0.25, -0.2) is 0 Å². The number of hydrogen-bond acceptors (Lipinski definition) is 8. The summed E-state index contributed by atoms with van der Waals surface area (Å²) in [6, 6.07) is 0. The van der Waals surface area contributed by atoms with Gasteiger partial charge in [0.05, 0.1) is 6.10 Å². The van der Waals surface area contributed by atoms with Gasteiger partial charge in [0.2, 0.25) is 0 Å². The smallest absolute Gasteiger partial charge is 0.303 e. The van der Waals surface area contributed by atoms with Crippen molar-refractivity contribution in [1.82, 2.24) is 0 Å². The molecule has 0 spiro atoms. The molecule has 0 aromatic carbocycles. The minimum Gasteiger partial charge on any atom is -0.456 e. The van der Waals surface area contributed by atoms with Gasteiger partial charge in [-0.05, 0) is 6.92 Å². The highest BCUT2D eigenvalue weighted by molar-refractivity contribution is 5.68.